The quantitative estimate of drug-likeness (QED) is 0.237. The van der Waals surface area contributed by atoms with Crippen LogP contribution in [0, 0.1) is 0 Å². The number of nitrogens with zero attached hydrogens (tertiary/aromatic N) is 2. The lowest BCUT2D eigenvalue weighted by Crippen LogP contribution is -2.18. The number of benzene rings is 3. The second kappa shape index (κ2) is 10.8. The zero-order chi connectivity index (χ0) is 23.9. The first-order chi connectivity index (χ1) is 16.5. The summed E-state index contributed by atoms with van der Waals surface area (Å²) >= 11 is 5.91. The summed E-state index contributed by atoms with van der Waals surface area (Å²) in [4.78, 5) is 12.4. The SMILES string of the molecule is CC(C)c1ccc(C=NNC(=O)c2cc(-c3ccc(OCc4ccc(Cl)cc4)cc3)n[nH]2)cc1. The van der Waals surface area contributed by atoms with Crippen molar-refractivity contribution in [1.82, 2.24) is 15.6 Å². The smallest absolute Gasteiger partial charge is 0.289 e. The number of rotatable bonds is 8. The minimum atomic E-state index is -0.364. The maximum atomic E-state index is 12.4. The average molecular weight is 473 g/mol. The number of nitrogens with one attached hydrogen (secondary N) is 2. The molecule has 7 heteroatoms. The molecule has 34 heavy (non-hydrogen) atoms. The van der Waals surface area contributed by atoms with E-state index in [0.717, 1.165) is 22.4 Å². The molecule has 0 fully saturated rings. The first kappa shape index (κ1) is 23.3. The Labute approximate surface area is 203 Å². The fourth-order valence-electron chi connectivity index (χ4n) is 3.25. The van der Waals surface area contributed by atoms with E-state index in [4.69, 9.17) is 16.3 Å². The van der Waals surface area contributed by atoms with Gasteiger partial charge in [-0.3, -0.25) is 9.89 Å². The number of carbonyl (C=O) groups is 1. The van der Waals surface area contributed by atoms with Gasteiger partial charge >= 0.3 is 0 Å². The number of H-pyrrole nitrogens is 1. The molecule has 172 valence electrons. The molecule has 0 unspecified atom stereocenters. The fraction of sp³-hybridized carbons (Fsp3) is 0.148. The normalized spacial score (nSPS) is 11.2. The van der Waals surface area contributed by atoms with Crippen molar-refractivity contribution in [1.29, 1.82) is 0 Å². The van der Waals surface area contributed by atoms with E-state index in [1.807, 2.05) is 60.7 Å². The van der Waals surface area contributed by atoms with E-state index in [-0.39, 0.29) is 5.91 Å². The molecule has 1 aromatic heterocycles. The summed E-state index contributed by atoms with van der Waals surface area (Å²) in [5.74, 6) is 0.845. The predicted molar refractivity (Wildman–Crippen MR) is 135 cm³/mol. The molecule has 0 saturated carbocycles. The fourth-order valence-corrected chi connectivity index (χ4v) is 3.37. The Morgan fingerprint density at radius 3 is 2.44 bits per heavy atom. The number of ether oxygens (including phenoxy) is 1. The number of hydrogen-bond acceptors (Lipinski definition) is 4. The van der Waals surface area contributed by atoms with Crippen molar-refractivity contribution in [2.45, 2.75) is 26.4 Å². The van der Waals surface area contributed by atoms with E-state index < -0.39 is 0 Å². The van der Waals surface area contributed by atoms with Crippen LogP contribution in [0.3, 0.4) is 0 Å². The van der Waals surface area contributed by atoms with Crippen LogP contribution in [-0.4, -0.2) is 22.3 Å². The Morgan fingerprint density at radius 2 is 1.76 bits per heavy atom. The second-order valence-electron chi connectivity index (χ2n) is 8.13. The highest BCUT2D eigenvalue weighted by Crippen LogP contribution is 2.22. The van der Waals surface area contributed by atoms with Crippen LogP contribution in [-0.2, 0) is 6.61 Å². The molecule has 0 aliphatic carbocycles. The minimum Gasteiger partial charge on any atom is -0.489 e. The van der Waals surface area contributed by atoms with Crippen molar-refractivity contribution >= 4 is 23.7 Å². The lowest BCUT2D eigenvalue weighted by molar-refractivity contribution is 0.0950. The van der Waals surface area contributed by atoms with Gasteiger partial charge in [-0.1, -0.05) is 61.8 Å². The third kappa shape index (κ3) is 6.11. The molecular weight excluding hydrogens is 448 g/mol. The lowest BCUT2D eigenvalue weighted by atomic mass is 10.0. The zero-order valence-corrected chi connectivity index (χ0v) is 19.7. The summed E-state index contributed by atoms with van der Waals surface area (Å²) in [5.41, 5.74) is 7.57. The Kier molecular flexibility index (Phi) is 7.40. The van der Waals surface area contributed by atoms with Crippen LogP contribution < -0.4 is 10.2 Å². The van der Waals surface area contributed by atoms with Gasteiger partial charge in [-0.15, -0.1) is 0 Å². The molecule has 3 aromatic carbocycles. The largest absolute Gasteiger partial charge is 0.489 e. The molecule has 0 radical (unpaired) electrons. The highest BCUT2D eigenvalue weighted by molar-refractivity contribution is 6.30. The molecule has 0 saturated heterocycles. The van der Waals surface area contributed by atoms with E-state index in [1.165, 1.54) is 5.56 Å². The van der Waals surface area contributed by atoms with Crippen LogP contribution in [0.15, 0.2) is 84.0 Å². The molecule has 4 aromatic rings. The van der Waals surface area contributed by atoms with Crippen LogP contribution in [0.1, 0.15) is 46.9 Å². The first-order valence-corrected chi connectivity index (χ1v) is 11.3. The molecule has 6 nitrogen and oxygen atoms in total. The van der Waals surface area contributed by atoms with E-state index in [9.17, 15) is 4.79 Å². The third-order valence-corrected chi connectivity index (χ3v) is 5.53. The Balaban J connectivity index is 1.32. The molecule has 0 atom stereocenters. The van der Waals surface area contributed by atoms with E-state index in [0.29, 0.717) is 28.9 Å². The molecule has 0 aliphatic heterocycles. The first-order valence-electron chi connectivity index (χ1n) is 10.9. The number of aromatic nitrogens is 2. The standard InChI is InChI=1S/C27H25ClN4O2/c1-18(2)21-7-3-19(4-8-21)16-29-32-27(33)26-15-25(30-31-26)22-9-13-24(14-10-22)34-17-20-5-11-23(28)12-6-20/h3-16,18H,17H2,1-2H3,(H,30,31)(H,32,33). The van der Waals surface area contributed by atoms with Crippen LogP contribution in [0.5, 0.6) is 5.75 Å². The highest BCUT2D eigenvalue weighted by Gasteiger charge is 2.10. The maximum absolute atomic E-state index is 12.4. The lowest BCUT2D eigenvalue weighted by Gasteiger charge is -2.07. The van der Waals surface area contributed by atoms with Crippen LogP contribution in [0.2, 0.25) is 5.02 Å². The van der Waals surface area contributed by atoms with Crippen molar-refractivity contribution < 1.29 is 9.53 Å². The highest BCUT2D eigenvalue weighted by atomic mass is 35.5. The van der Waals surface area contributed by atoms with Gasteiger partial charge in [0.05, 0.1) is 11.9 Å². The molecule has 0 spiro atoms. The van der Waals surface area contributed by atoms with Crippen molar-refractivity contribution in [3.8, 4) is 17.0 Å². The average Bonchev–Trinajstić information content (AvgIpc) is 3.35. The number of hydrogen-bond donors (Lipinski definition) is 2. The molecule has 1 heterocycles. The summed E-state index contributed by atoms with van der Waals surface area (Å²) in [6.45, 7) is 4.74. The van der Waals surface area contributed by atoms with Gasteiger partial charge in [0.2, 0.25) is 0 Å². The maximum Gasteiger partial charge on any atom is 0.289 e. The number of aromatic amines is 1. The van der Waals surface area contributed by atoms with Crippen LogP contribution in [0.25, 0.3) is 11.3 Å². The number of carbonyl (C=O) groups excluding carboxylic acids is 1. The van der Waals surface area contributed by atoms with E-state index >= 15 is 0 Å². The van der Waals surface area contributed by atoms with Gasteiger partial charge in [-0.05, 0) is 65.1 Å². The minimum absolute atomic E-state index is 0.324. The molecular formula is C27H25ClN4O2. The summed E-state index contributed by atoms with van der Waals surface area (Å²) in [6.07, 6.45) is 1.61. The monoisotopic (exact) mass is 472 g/mol. The van der Waals surface area contributed by atoms with Gasteiger partial charge in [0.25, 0.3) is 5.91 Å². The molecule has 0 bridgehead atoms. The summed E-state index contributed by atoms with van der Waals surface area (Å²) in [7, 11) is 0. The molecule has 4 rings (SSSR count). The third-order valence-electron chi connectivity index (χ3n) is 5.27. The zero-order valence-electron chi connectivity index (χ0n) is 19.0. The van der Waals surface area contributed by atoms with Gasteiger partial charge in [-0.25, -0.2) is 5.43 Å². The Bertz CT molecular complexity index is 1260. The van der Waals surface area contributed by atoms with Gasteiger partial charge in [0.15, 0.2) is 0 Å². The molecule has 2 N–H and O–H groups in total. The molecule has 0 aliphatic rings. The number of halogens is 1. The van der Waals surface area contributed by atoms with Crippen molar-refractivity contribution in [3.63, 3.8) is 0 Å². The van der Waals surface area contributed by atoms with Crippen LogP contribution >= 0.6 is 11.6 Å². The summed E-state index contributed by atoms with van der Waals surface area (Å²) < 4.78 is 5.81. The van der Waals surface area contributed by atoms with Crippen LogP contribution in [0.4, 0.5) is 0 Å². The Morgan fingerprint density at radius 1 is 1.06 bits per heavy atom. The second-order valence-corrected chi connectivity index (χ2v) is 8.56. The predicted octanol–water partition coefficient (Wildman–Crippen LogP) is 6.20. The van der Waals surface area contributed by atoms with Gasteiger partial charge in [0.1, 0.15) is 18.1 Å². The van der Waals surface area contributed by atoms with E-state index in [1.54, 1.807) is 12.3 Å². The van der Waals surface area contributed by atoms with Gasteiger partial charge in [-0.2, -0.15) is 10.2 Å². The van der Waals surface area contributed by atoms with Gasteiger partial charge < -0.3 is 4.74 Å². The van der Waals surface area contributed by atoms with Gasteiger partial charge in [0, 0.05) is 10.6 Å². The van der Waals surface area contributed by atoms with E-state index in [2.05, 4.69) is 46.7 Å². The Hall–Kier alpha value is -3.90. The molecule has 1 amide bonds. The summed E-state index contributed by atoms with van der Waals surface area (Å²) in [5, 5.41) is 11.7. The van der Waals surface area contributed by atoms with Crippen molar-refractivity contribution in [2.75, 3.05) is 0 Å². The van der Waals surface area contributed by atoms with Crippen molar-refractivity contribution in [3.05, 3.63) is 106 Å². The number of hydrazone groups is 1. The van der Waals surface area contributed by atoms with Crippen molar-refractivity contribution in [2.24, 2.45) is 5.10 Å². The topological polar surface area (TPSA) is 79.4 Å². The number of amides is 1. The summed E-state index contributed by atoms with van der Waals surface area (Å²) in [6, 6.07) is 24.8.